The van der Waals surface area contributed by atoms with Crippen molar-refractivity contribution in [1.29, 1.82) is 0 Å². The summed E-state index contributed by atoms with van der Waals surface area (Å²) in [6.07, 6.45) is 0. The molecule has 8 N–H and O–H groups in total. The third kappa shape index (κ3) is 8.10. The van der Waals surface area contributed by atoms with E-state index in [0.717, 1.165) is 24.3 Å². The number of aromatic hydroxyl groups is 2. The number of hydrogen-bond donors (Lipinski definition) is 7. The smallest absolute Gasteiger partial charge is 0.297 e. The standard InChI is InChI=1S/C22H16N6O16S4/c23-10-1-3-12(14(7-10)45-43-41-33)24-27-20-17(48(38,39)40)6-9-5-15(46-44-42-34)19(21(29)18(9)22(20)30)26-25-13-4-2-11(28(31)32)8-16(13)47(35,36)37/h1-8,29-30,33-34H,23H2,(H,35,36,37)(H,38,39,40)/b26-25+,27-24+. The molecule has 0 saturated heterocycles. The van der Waals surface area contributed by atoms with Gasteiger partial charge in [0, 0.05) is 17.8 Å². The summed E-state index contributed by atoms with van der Waals surface area (Å²) in [7, 11) is -10.3. The number of nitro groups is 1. The van der Waals surface area contributed by atoms with Crippen LogP contribution in [0.3, 0.4) is 0 Å². The summed E-state index contributed by atoms with van der Waals surface area (Å²) in [4.78, 5) is 7.80. The van der Waals surface area contributed by atoms with Gasteiger partial charge in [-0.05, 0) is 41.8 Å². The van der Waals surface area contributed by atoms with Crippen molar-refractivity contribution in [3.05, 3.63) is 58.6 Å². The van der Waals surface area contributed by atoms with E-state index in [1.165, 1.54) is 18.2 Å². The van der Waals surface area contributed by atoms with Gasteiger partial charge in [0.1, 0.15) is 32.5 Å². The molecule has 26 heteroatoms. The lowest BCUT2D eigenvalue weighted by atomic mass is 10.1. The number of rotatable bonds is 13. The summed E-state index contributed by atoms with van der Waals surface area (Å²) in [6.45, 7) is 0. The van der Waals surface area contributed by atoms with Crippen LogP contribution >= 0.6 is 24.1 Å². The van der Waals surface area contributed by atoms with Crippen molar-refractivity contribution in [3.63, 3.8) is 0 Å². The SMILES string of the molecule is Nc1ccc(/N=N/c2c(S(=O)(=O)O)cc3cc(SOOO)c(/N=N/c4ccc([N+](=O)[O-])cc4S(=O)(=O)O)c(O)c3c2O)c(SOOO)c1. The number of nitrogens with zero attached hydrogens (tertiary/aromatic N) is 5. The highest BCUT2D eigenvalue weighted by atomic mass is 32.2. The molecule has 0 aliphatic carbocycles. The summed E-state index contributed by atoms with van der Waals surface area (Å²) in [5, 5.41) is 71.6. The van der Waals surface area contributed by atoms with Crippen LogP contribution in [0.1, 0.15) is 0 Å². The van der Waals surface area contributed by atoms with Crippen molar-refractivity contribution in [2.75, 3.05) is 5.73 Å². The molecular formula is C22H16N6O16S4. The van der Waals surface area contributed by atoms with Crippen molar-refractivity contribution < 1.29 is 70.3 Å². The second-order valence-corrected chi connectivity index (χ2v) is 12.9. The van der Waals surface area contributed by atoms with E-state index in [1.807, 2.05) is 0 Å². The van der Waals surface area contributed by atoms with Crippen molar-refractivity contribution in [3.8, 4) is 11.5 Å². The largest absolute Gasteiger partial charge is 0.505 e. The molecule has 0 radical (unpaired) electrons. The summed E-state index contributed by atoms with van der Waals surface area (Å²) >= 11 is 0.542. The van der Waals surface area contributed by atoms with Crippen LogP contribution in [0.5, 0.6) is 11.5 Å². The molecule has 0 heterocycles. The molecule has 4 rings (SSSR count). The number of phenolic OH excluding ortho intramolecular Hbond substituents is 2. The highest BCUT2D eigenvalue weighted by Crippen LogP contribution is 2.51. The maximum absolute atomic E-state index is 12.3. The third-order valence-electron chi connectivity index (χ3n) is 5.77. The number of nitro benzene ring substituents is 1. The number of hydrogen-bond acceptors (Lipinski definition) is 21. The maximum atomic E-state index is 12.3. The Balaban J connectivity index is 1.98. The van der Waals surface area contributed by atoms with E-state index in [9.17, 15) is 46.3 Å². The minimum absolute atomic E-state index is 0.0651. The minimum atomic E-state index is -5.18. The molecule has 0 fully saturated rings. The van der Waals surface area contributed by atoms with Crippen LogP contribution in [-0.2, 0) is 39.0 Å². The molecule has 0 saturated carbocycles. The molecule has 0 atom stereocenters. The van der Waals surface area contributed by atoms with Gasteiger partial charge in [0.2, 0.25) is 0 Å². The number of non-ortho nitro benzene ring substituents is 1. The predicted octanol–water partition coefficient (Wildman–Crippen LogP) is 5.92. The minimum Gasteiger partial charge on any atom is -0.505 e. The second kappa shape index (κ2) is 14.7. The van der Waals surface area contributed by atoms with E-state index >= 15 is 0 Å². The molecule has 0 unspecified atom stereocenters. The van der Waals surface area contributed by atoms with Crippen LogP contribution in [0, 0.1) is 10.1 Å². The molecule has 0 bridgehead atoms. The first-order valence-corrected chi connectivity index (χ1v) is 16.2. The molecule has 0 aliphatic heterocycles. The van der Waals surface area contributed by atoms with E-state index in [4.69, 9.17) is 16.2 Å². The van der Waals surface area contributed by atoms with Crippen molar-refractivity contribution >= 4 is 89.2 Å². The summed E-state index contributed by atoms with van der Waals surface area (Å²) in [6, 6.07) is 7.77. The zero-order valence-electron chi connectivity index (χ0n) is 22.8. The first kappa shape index (κ1) is 36.3. The Bertz CT molecular complexity index is 2200. The van der Waals surface area contributed by atoms with E-state index in [1.54, 1.807) is 0 Å². The molecule has 0 aliphatic rings. The van der Waals surface area contributed by atoms with Gasteiger partial charge in [-0.1, -0.05) is 10.1 Å². The zero-order valence-corrected chi connectivity index (χ0v) is 26.1. The number of fused-ring (bicyclic) bond motifs is 1. The number of benzene rings is 4. The van der Waals surface area contributed by atoms with E-state index in [-0.39, 0.29) is 38.6 Å². The number of nitrogens with two attached hydrogens (primary N) is 1. The van der Waals surface area contributed by atoms with Crippen LogP contribution < -0.4 is 5.73 Å². The maximum Gasteiger partial charge on any atom is 0.297 e. The Hall–Kier alpha value is -4.58. The Kier molecular flexibility index (Phi) is 11.1. The predicted molar refractivity (Wildman–Crippen MR) is 161 cm³/mol. The van der Waals surface area contributed by atoms with Crippen molar-refractivity contribution in [1.82, 2.24) is 0 Å². The van der Waals surface area contributed by atoms with Gasteiger partial charge in [-0.3, -0.25) is 19.2 Å². The van der Waals surface area contributed by atoms with Crippen molar-refractivity contribution in [2.24, 2.45) is 20.5 Å². The molecule has 254 valence electrons. The number of azo groups is 2. The molecular weight excluding hydrogens is 733 g/mol. The van der Waals surface area contributed by atoms with Gasteiger partial charge in [0.15, 0.2) is 11.5 Å². The average Bonchev–Trinajstić information content (AvgIpc) is 3.01. The fourth-order valence-corrected chi connectivity index (χ4v) is 6.09. The quantitative estimate of drug-likeness (QED) is 0.0158. The first-order valence-electron chi connectivity index (χ1n) is 11.9. The van der Waals surface area contributed by atoms with E-state index in [2.05, 4.69) is 39.2 Å². The van der Waals surface area contributed by atoms with Gasteiger partial charge in [0.05, 0.1) is 44.2 Å². The van der Waals surface area contributed by atoms with E-state index < -0.39 is 74.6 Å². The Morgan fingerprint density at radius 2 is 1.29 bits per heavy atom. The number of anilines is 1. The van der Waals surface area contributed by atoms with Crippen LogP contribution in [0.15, 0.2) is 88.6 Å². The lowest BCUT2D eigenvalue weighted by Gasteiger charge is -2.13. The highest BCUT2D eigenvalue weighted by molar-refractivity contribution is 7.95. The second-order valence-electron chi connectivity index (χ2n) is 8.68. The number of nitrogen functional groups attached to an aromatic ring is 1. The van der Waals surface area contributed by atoms with Crippen LogP contribution in [-0.4, -0.2) is 51.6 Å². The van der Waals surface area contributed by atoms with Gasteiger partial charge in [-0.25, -0.2) is 10.5 Å². The Morgan fingerprint density at radius 1 is 0.729 bits per heavy atom. The van der Waals surface area contributed by atoms with Gasteiger partial charge in [-0.2, -0.15) is 16.8 Å². The van der Waals surface area contributed by atoms with Crippen LogP contribution in [0.4, 0.5) is 34.1 Å². The molecule has 48 heavy (non-hydrogen) atoms. The lowest BCUT2D eigenvalue weighted by molar-refractivity contribution is -0.432. The zero-order chi connectivity index (χ0) is 35.4. The van der Waals surface area contributed by atoms with E-state index in [0.29, 0.717) is 18.1 Å². The van der Waals surface area contributed by atoms with Crippen LogP contribution in [0.25, 0.3) is 10.8 Å². The molecule has 22 nitrogen and oxygen atoms in total. The molecule has 0 amide bonds. The van der Waals surface area contributed by atoms with Crippen LogP contribution in [0.2, 0.25) is 0 Å². The highest BCUT2D eigenvalue weighted by Gasteiger charge is 2.27. The topological polar surface area (TPSA) is 345 Å². The average molecular weight is 749 g/mol. The monoisotopic (exact) mass is 748 g/mol. The normalized spacial score (nSPS) is 12.4. The molecule has 0 aromatic heterocycles. The molecule has 0 spiro atoms. The first-order chi connectivity index (χ1) is 22.6. The number of phenols is 2. The Labute approximate surface area is 274 Å². The van der Waals surface area contributed by atoms with Gasteiger partial charge < -0.3 is 15.9 Å². The Morgan fingerprint density at radius 3 is 1.90 bits per heavy atom. The summed E-state index contributed by atoms with van der Waals surface area (Å²) in [5.74, 6) is -2.12. The summed E-state index contributed by atoms with van der Waals surface area (Å²) in [5.41, 5.74) is 2.84. The van der Waals surface area contributed by atoms with Gasteiger partial charge in [-0.15, -0.1) is 29.1 Å². The third-order valence-corrected chi connectivity index (χ3v) is 8.77. The fourth-order valence-electron chi connectivity index (χ4n) is 3.81. The molecule has 4 aromatic carbocycles. The summed E-state index contributed by atoms with van der Waals surface area (Å²) < 4.78 is 76.7. The van der Waals surface area contributed by atoms with Crippen molar-refractivity contribution in [2.45, 2.75) is 19.6 Å². The van der Waals surface area contributed by atoms with Gasteiger partial charge in [0.25, 0.3) is 25.9 Å². The lowest BCUT2D eigenvalue weighted by Crippen LogP contribution is -2.00. The van der Waals surface area contributed by atoms with Gasteiger partial charge >= 0.3 is 0 Å². The fraction of sp³-hybridized carbons (Fsp3) is 0. The molecule has 4 aromatic rings.